The number of pyridine rings is 1. The van der Waals surface area contributed by atoms with E-state index in [1.54, 1.807) is 6.20 Å². The van der Waals surface area contributed by atoms with Crippen LogP contribution in [0.4, 0.5) is 23.0 Å². The minimum absolute atomic E-state index is 0.476. The summed E-state index contributed by atoms with van der Waals surface area (Å²) in [6.45, 7) is 0. The molecule has 0 spiro atoms. The summed E-state index contributed by atoms with van der Waals surface area (Å²) in [5.74, 6) is 2.82. The Morgan fingerprint density at radius 2 is 1.88 bits per heavy atom. The summed E-state index contributed by atoms with van der Waals surface area (Å²) in [7, 11) is 1.93. The lowest BCUT2D eigenvalue weighted by atomic mass is 9.85. The quantitative estimate of drug-likeness (QED) is 0.334. The number of rotatable bonds is 5. The average Bonchev–Trinajstić information content (AvgIpc) is 3.18. The number of hydrogen-bond acceptors (Lipinski definition) is 6. The molecule has 5 aromatic rings. The van der Waals surface area contributed by atoms with Gasteiger partial charge >= 0.3 is 0 Å². The van der Waals surface area contributed by atoms with Crippen molar-refractivity contribution >= 4 is 39.4 Å². The van der Waals surface area contributed by atoms with E-state index in [-0.39, 0.29) is 0 Å². The third kappa shape index (κ3) is 3.33. The second-order valence-corrected chi connectivity index (χ2v) is 8.51. The van der Waals surface area contributed by atoms with Crippen LogP contribution in [0.5, 0.6) is 0 Å². The third-order valence-electron chi connectivity index (χ3n) is 6.48. The van der Waals surface area contributed by atoms with Gasteiger partial charge in [-0.3, -0.25) is 4.40 Å². The van der Waals surface area contributed by atoms with Crippen molar-refractivity contribution in [2.24, 2.45) is 0 Å². The molecule has 0 unspecified atom stereocenters. The zero-order valence-electron chi connectivity index (χ0n) is 18.4. The number of fused-ring (bicyclic) bond motifs is 2. The van der Waals surface area contributed by atoms with Gasteiger partial charge in [-0.2, -0.15) is 0 Å². The molecule has 3 aromatic heterocycles. The van der Waals surface area contributed by atoms with Crippen LogP contribution in [0.1, 0.15) is 31.0 Å². The van der Waals surface area contributed by atoms with Crippen LogP contribution in [-0.4, -0.2) is 26.4 Å². The number of nitrogens with one attached hydrogen (secondary N) is 2. The van der Waals surface area contributed by atoms with Gasteiger partial charge in [0.2, 0.25) is 0 Å². The zero-order valence-corrected chi connectivity index (χ0v) is 18.4. The van der Waals surface area contributed by atoms with Gasteiger partial charge in [-0.25, -0.2) is 15.0 Å². The summed E-state index contributed by atoms with van der Waals surface area (Å²) < 4.78 is 2.12. The first-order valence-corrected chi connectivity index (χ1v) is 11.3. The molecular weight excluding hydrogens is 410 g/mol. The zero-order chi connectivity index (χ0) is 22.4. The number of nitrogens with two attached hydrogens (primary N) is 1. The largest absolute Gasteiger partial charge is 0.387 e. The van der Waals surface area contributed by atoms with Gasteiger partial charge in [0.25, 0.3) is 0 Å². The van der Waals surface area contributed by atoms with E-state index in [9.17, 15) is 0 Å². The predicted octanol–water partition coefficient (Wildman–Crippen LogP) is 5.58. The van der Waals surface area contributed by atoms with E-state index < -0.39 is 0 Å². The van der Waals surface area contributed by atoms with Gasteiger partial charge in [-0.1, -0.05) is 36.8 Å². The first-order valence-electron chi connectivity index (χ1n) is 11.3. The van der Waals surface area contributed by atoms with E-state index in [0.717, 1.165) is 50.7 Å². The highest BCUT2D eigenvalue weighted by molar-refractivity contribution is 5.97. The number of anilines is 4. The van der Waals surface area contributed by atoms with Gasteiger partial charge < -0.3 is 16.4 Å². The Morgan fingerprint density at radius 1 is 1.03 bits per heavy atom. The number of hydrogen-bond donors (Lipinski definition) is 3. The van der Waals surface area contributed by atoms with Gasteiger partial charge in [0, 0.05) is 53.8 Å². The molecule has 7 nitrogen and oxygen atoms in total. The van der Waals surface area contributed by atoms with E-state index in [1.807, 2.05) is 49.6 Å². The lowest BCUT2D eigenvalue weighted by Crippen LogP contribution is -2.12. The van der Waals surface area contributed by atoms with Crippen molar-refractivity contribution in [1.29, 1.82) is 0 Å². The Balaban J connectivity index is 1.50. The van der Waals surface area contributed by atoms with E-state index in [0.29, 0.717) is 11.7 Å². The van der Waals surface area contributed by atoms with E-state index in [1.165, 1.54) is 19.3 Å². The van der Waals surface area contributed by atoms with Gasteiger partial charge in [-0.15, -0.1) is 0 Å². The van der Waals surface area contributed by atoms with Crippen molar-refractivity contribution in [1.82, 2.24) is 19.4 Å². The van der Waals surface area contributed by atoms with Crippen molar-refractivity contribution in [2.45, 2.75) is 25.2 Å². The molecule has 1 aliphatic rings. The lowest BCUT2D eigenvalue weighted by molar-refractivity contribution is 0.400. The van der Waals surface area contributed by atoms with Crippen molar-refractivity contribution in [2.75, 3.05) is 23.4 Å². The topological polar surface area (TPSA) is 93.2 Å². The maximum atomic E-state index is 6.33. The third-order valence-corrected chi connectivity index (χ3v) is 6.48. The molecule has 0 atom stereocenters. The number of imidazole rings is 1. The van der Waals surface area contributed by atoms with Crippen LogP contribution in [-0.2, 0) is 0 Å². The number of para-hydroxylation sites is 1. The summed E-state index contributed by atoms with van der Waals surface area (Å²) in [4.78, 5) is 14.3. The molecule has 0 aliphatic heterocycles. The van der Waals surface area contributed by atoms with Crippen LogP contribution in [0.3, 0.4) is 0 Å². The van der Waals surface area contributed by atoms with Gasteiger partial charge in [0.15, 0.2) is 0 Å². The number of benzene rings is 2. The molecule has 0 saturated heterocycles. The highest BCUT2D eigenvalue weighted by Gasteiger charge is 2.27. The Hall–Kier alpha value is -4.13. The minimum Gasteiger partial charge on any atom is -0.387 e. The molecule has 1 saturated carbocycles. The predicted molar refractivity (Wildman–Crippen MR) is 134 cm³/mol. The highest BCUT2D eigenvalue weighted by Crippen LogP contribution is 2.40. The molecule has 3 heterocycles. The first kappa shape index (κ1) is 19.5. The van der Waals surface area contributed by atoms with E-state index >= 15 is 0 Å². The molecular formula is C26H25N7. The van der Waals surface area contributed by atoms with Crippen LogP contribution < -0.4 is 16.4 Å². The molecule has 6 rings (SSSR count). The second-order valence-electron chi connectivity index (χ2n) is 8.51. The van der Waals surface area contributed by atoms with Crippen molar-refractivity contribution in [3.8, 4) is 11.3 Å². The molecule has 4 N–H and O–H groups in total. The van der Waals surface area contributed by atoms with Crippen LogP contribution in [0, 0.1) is 0 Å². The Morgan fingerprint density at radius 3 is 2.64 bits per heavy atom. The maximum Gasteiger partial charge on any atom is 0.150 e. The fourth-order valence-corrected chi connectivity index (χ4v) is 4.56. The van der Waals surface area contributed by atoms with E-state index in [2.05, 4.69) is 38.2 Å². The smallest absolute Gasteiger partial charge is 0.150 e. The fraction of sp³-hybridized carbons (Fsp3) is 0.192. The molecule has 33 heavy (non-hydrogen) atoms. The molecule has 1 aliphatic carbocycles. The Bertz CT molecular complexity index is 1470. The molecule has 2 aromatic carbocycles. The van der Waals surface area contributed by atoms with Crippen molar-refractivity contribution in [3.63, 3.8) is 0 Å². The SMILES string of the molecule is CNc1cc(Nc2ccccc2)nc2cc(-c3nc(C4CCC4)n4ccnc(N)c34)ccc12. The molecule has 1 fully saturated rings. The summed E-state index contributed by atoms with van der Waals surface area (Å²) in [6, 6.07) is 18.4. The van der Waals surface area contributed by atoms with Crippen molar-refractivity contribution < 1.29 is 0 Å². The standard InChI is InChI=1S/C26H25N7/c1-28-20-15-22(30-18-8-3-2-4-9-18)31-21-14-17(10-11-19(20)21)23-24-25(27)29-12-13-33(24)26(32-23)16-6-5-7-16/h2-4,8-16H,5-7H2,1H3,(H2,27,29)(H2,28,30,31). The number of nitrogen functional groups attached to an aromatic ring is 1. The monoisotopic (exact) mass is 435 g/mol. The van der Waals surface area contributed by atoms with Crippen LogP contribution in [0.15, 0.2) is 67.0 Å². The minimum atomic E-state index is 0.476. The number of aromatic nitrogens is 4. The summed E-state index contributed by atoms with van der Waals surface area (Å²) in [5, 5.41) is 7.75. The molecule has 0 bridgehead atoms. The Labute approximate surface area is 191 Å². The van der Waals surface area contributed by atoms with Gasteiger partial charge in [-0.05, 0) is 31.0 Å². The highest BCUT2D eigenvalue weighted by atomic mass is 15.1. The van der Waals surface area contributed by atoms with Crippen LogP contribution >= 0.6 is 0 Å². The summed E-state index contributed by atoms with van der Waals surface area (Å²) in [6.07, 6.45) is 7.30. The van der Waals surface area contributed by atoms with Crippen molar-refractivity contribution in [3.05, 3.63) is 72.8 Å². The molecule has 0 radical (unpaired) electrons. The fourth-order valence-electron chi connectivity index (χ4n) is 4.56. The molecule has 164 valence electrons. The van der Waals surface area contributed by atoms with Crippen LogP contribution in [0.2, 0.25) is 0 Å². The van der Waals surface area contributed by atoms with Gasteiger partial charge in [0.1, 0.15) is 28.7 Å². The second kappa shape index (κ2) is 7.78. The van der Waals surface area contributed by atoms with E-state index in [4.69, 9.17) is 15.7 Å². The summed E-state index contributed by atoms with van der Waals surface area (Å²) in [5.41, 5.74) is 11.9. The Kier molecular flexibility index (Phi) is 4.61. The van der Waals surface area contributed by atoms with Crippen LogP contribution in [0.25, 0.3) is 27.7 Å². The van der Waals surface area contributed by atoms with Gasteiger partial charge in [0.05, 0.1) is 5.52 Å². The number of nitrogens with zero attached hydrogens (tertiary/aromatic N) is 4. The normalized spacial score (nSPS) is 13.8. The summed E-state index contributed by atoms with van der Waals surface area (Å²) >= 11 is 0. The molecule has 7 heteroatoms. The molecule has 0 amide bonds. The average molecular weight is 436 g/mol. The maximum absolute atomic E-state index is 6.33. The first-order chi connectivity index (χ1) is 16.2. The lowest BCUT2D eigenvalue weighted by Gasteiger charge is -2.23.